The number of benzene rings is 2. The van der Waals surface area contributed by atoms with Crippen LogP contribution in [0.15, 0.2) is 59.6 Å². The van der Waals surface area contributed by atoms with Crippen LogP contribution in [0.2, 0.25) is 0 Å². The molecule has 1 amide bonds. The van der Waals surface area contributed by atoms with Crippen LogP contribution in [-0.2, 0) is 20.9 Å². The van der Waals surface area contributed by atoms with Crippen molar-refractivity contribution in [3.63, 3.8) is 0 Å². The maximum absolute atomic E-state index is 12.3. The average Bonchev–Trinajstić information content (AvgIpc) is 2.96. The second kappa shape index (κ2) is 7.93. The van der Waals surface area contributed by atoms with Crippen LogP contribution in [0.4, 0.5) is 0 Å². The zero-order valence-corrected chi connectivity index (χ0v) is 15.3. The van der Waals surface area contributed by atoms with Gasteiger partial charge in [0, 0.05) is 6.08 Å². The van der Waals surface area contributed by atoms with Crippen molar-refractivity contribution in [1.29, 1.82) is 0 Å². The minimum atomic E-state index is -0.390. The lowest BCUT2D eigenvalue weighted by Crippen LogP contribution is -2.22. The Kier molecular flexibility index (Phi) is 5.43. The van der Waals surface area contributed by atoms with E-state index in [1.807, 2.05) is 55.5 Å². The van der Waals surface area contributed by atoms with Gasteiger partial charge in [-0.15, -0.1) is 0 Å². The molecule has 1 aromatic heterocycles. The molecular weight excluding hydrogens is 348 g/mol. The first-order valence-corrected chi connectivity index (χ1v) is 8.87. The Morgan fingerprint density at radius 2 is 1.96 bits per heavy atom. The number of ether oxygens (including phenoxy) is 1. The number of thiazole rings is 1. The Bertz CT molecular complexity index is 1050. The summed E-state index contributed by atoms with van der Waals surface area (Å²) in [7, 11) is 1.34. The highest BCUT2D eigenvalue weighted by Gasteiger charge is 2.11. The van der Waals surface area contributed by atoms with E-state index in [-0.39, 0.29) is 18.4 Å². The molecule has 3 rings (SSSR count). The fourth-order valence-corrected chi connectivity index (χ4v) is 3.61. The summed E-state index contributed by atoms with van der Waals surface area (Å²) in [6.45, 7) is 2.00. The number of amides is 1. The van der Waals surface area contributed by atoms with Crippen LogP contribution < -0.4 is 4.80 Å². The first-order valence-electron chi connectivity index (χ1n) is 8.05. The van der Waals surface area contributed by atoms with Gasteiger partial charge in [0.05, 0.1) is 17.3 Å². The van der Waals surface area contributed by atoms with E-state index in [2.05, 4.69) is 4.99 Å². The summed E-state index contributed by atoms with van der Waals surface area (Å²) in [5.41, 5.74) is 2.88. The van der Waals surface area contributed by atoms with Crippen molar-refractivity contribution in [2.24, 2.45) is 4.99 Å². The molecule has 132 valence electrons. The standard InChI is InChI=1S/C20H18N2O3S/c1-14-8-10-16-17(12-14)26-20(22(16)13-19(24)25-2)21-18(23)11-9-15-6-4-3-5-7-15/h3-12H,13H2,1-2H3/b11-9+,21-20?. The van der Waals surface area contributed by atoms with E-state index >= 15 is 0 Å². The van der Waals surface area contributed by atoms with Crippen molar-refractivity contribution in [1.82, 2.24) is 4.57 Å². The van der Waals surface area contributed by atoms with E-state index in [1.165, 1.54) is 24.5 Å². The normalized spacial score (nSPS) is 12.0. The lowest BCUT2D eigenvalue weighted by Gasteiger charge is -2.03. The number of methoxy groups -OCH3 is 1. The number of carbonyl (C=O) groups excluding carboxylic acids is 2. The molecule has 0 aliphatic rings. The van der Waals surface area contributed by atoms with Gasteiger partial charge in [0.25, 0.3) is 5.91 Å². The Balaban J connectivity index is 2.00. The molecule has 0 saturated heterocycles. The fraction of sp³-hybridized carbons (Fsp3) is 0.150. The van der Waals surface area contributed by atoms with Gasteiger partial charge in [-0.2, -0.15) is 4.99 Å². The number of rotatable bonds is 4. The molecule has 3 aromatic rings. The number of aromatic nitrogens is 1. The van der Waals surface area contributed by atoms with E-state index in [4.69, 9.17) is 4.74 Å². The molecule has 0 unspecified atom stereocenters. The Labute approximate surface area is 154 Å². The maximum atomic E-state index is 12.3. The molecule has 0 fully saturated rings. The smallest absolute Gasteiger partial charge is 0.325 e. The van der Waals surface area contributed by atoms with Crippen LogP contribution in [0.3, 0.4) is 0 Å². The SMILES string of the molecule is COC(=O)Cn1c(=NC(=O)/C=C/c2ccccc2)sc2cc(C)ccc21. The quantitative estimate of drug-likeness (QED) is 0.526. The highest BCUT2D eigenvalue weighted by molar-refractivity contribution is 7.16. The van der Waals surface area contributed by atoms with Crippen molar-refractivity contribution in [2.75, 3.05) is 7.11 Å². The molecule has 5 nitrogen and oxygen atoms in total. The zero-order chi connectivity index (χ0) is 18.5. The number of nitrogens with zero attached hydrogens (tertiary/aromatic N) is 2. The van der Waals surface area contributed by atoms with E-state index in [9.17, 15) is 9.59 Å². The summed E-state index contributed by atoms with van der Waals surface area (Å²) in [4.78, 5) is 28.7. The van der Waals surface area contributed by atoms with Gasteiger partial charge in [-0.1, -0.05) is 47.7 Å². The minimum Gasteiger partial charge on any atom is -0.468 e. The molecular formula is C20H18N2O3S. The van der Waals surface area contributed by atoms with Crippen LogP contribution >= 0.6 is 11.3 Å². The van der Waals surface area contributed by atoms with E-state index in [0.717, 1.165) is 21.3 Å². The van der Waals surface area contributed by atoms with Crippen molar-refractivity contribution in [3.8, 4) is 0 Å². The van der Waals surface area contributed by atoms with Gasteiger partial charge >= 0.3 is 5.97 Å². The van der Waals surface area contributed by atoms with Crippen molar-refractivity contribution >= 4 is 39.5 Å². The third kappa shape index (κ3) is 4.15. The fourth-order valence-electron chi connectivity index (χ4n) is 2.48. The number of esters is 1. The Morgan fingerprint density at radius 1 is 1.19 bits per heavy atom. The van der Waals surface area contributed by atoms with Crippen LogP contribution in [0.25, 0.3) is 16.3 Å². The molecule has 0 atom stereocenters. The number of hydrogen-bond donors (Lipinski definition) is 0. The summed E-state index contributed by atoms with van der Waals surface area (Å²) in [5.74, 6) is -0.769. The number of fused-ring (bicyclic) bond motifs is 1. The predicted octanol–water partition coefficient (Wildman–Crippen LogP) is 3.32. The molecule has 0 saturated carbocycles. The molecule has 0 aliphatic carbocycles. The number of carbonyl (C=O) groups is 2. The predicted molar refractivity (Wildman–Crippen MR) is 103 cm³/mol. The van der Waals surface area contributed by atoms with Crippen LogP contribution in [-0.4, -0.2) is 23.6 Å². The lowest BCUT2D eigenvalue weighted by molar-refractivity contribution is -0.141. The number of hydrogen-bond acceptors (Lipinski definition) is 4. The van der Waals surface area contributed by atoms with Gasteiger partial charge in [0.1, 0.15) is 6.54 Å². The molecule has 0 bridgehead atoms. The molecule has 1 heterocycles. The van der Waals surface area contributed by atoms with E-state index < -0.39 is 0 Å². The molecule has 0 aliphatic heterocycles. The summed E-state index contributed by atoms with van der Waals surface area (Å²) >= 11 is 1.37. The molecule has 0 spiro atoms. The highest BCUT2D eigenvalue weighted by atomic mass is 32.1. The first-order chi connectivity index (χ1) is 12.6. The third-order valence-corrected chi connectivity index (χ3v) is 4.82. The summed E-state index contributed by atoms with van der Waals surface area (Å²) in [5, 5.41) is 0. The highest BCUT2D eigenvalue weighted by Crippen LogP contribution is 2.19. The van der Waals surface area contributed by atoms with E-state index in [1.54, 1.807) is 10.6 Å². The maximum Gasteiger partial charge on any atom is 0.325 e. The molecule has 26 heavy (non-hydrogen) atoms. The van der Waals surface area contributed by atoms with Crippen molar-refractivity contribution in [2.45, 2.75) is 13.5 Å². The van der Waals surface area contributed by atoms with Gasteiger partial charge in [0.15, 0.2) is 4.80 Å². The van der Waals surface area contributed by atoms with Crippen LogP contribution in [0, 0.1) is 6.92 Å². The monoisotopic (exact) mass is 366 g/mol. The molecule has 6 heteroatoms. The first kappa shape index (κ1) is 17.8. The van der Waals surface area contributed by atoms with Crippen molar-refractivity contribution < 1.29 is 14.3 Å². The minimum absolute atomic E-state index is 0.00801. The summed E-state index contributed by atoms with van der Waals surface area (Å²) in [6, 6.07) is 15.4. The van der Waals surface area contributed by atoms with Crippen LogP contribution in [0.1, 0.15) is 11.1 Å². The van der Waals surface area contributed by atoms with Gasteiger partial charge in [-0.05, 0) is 36.3 Å². The van der Waals surface area contributed by atoms with Gasteiger partial charge < -0.3 is 9.30 Å². The summed E-state index contributed by atoms with van der Waals surface area (Å²) < 4.78 is 7.44. The molecule has 2 aromatic carbocycles. The lowest BCUT2D eigenvalue weighted by atomic mass is 10.2. The van der Waals surface area contributed by atoms with Gasteiger partial charge in [-0.25, -0.2) is 0 Å². The van der Waals surface area contributed by atoms with Gasteiger partial charge in [-0.3, -0.25) is 9.59 Å². The molecule has 0 radical (unpaired) electrons. The number of aryl methyl sites for hydroxylation is 1. The second-order valence-electron chi connectivity index (χ2n) is 5.71. The average molecular weight is 366 g/mol. The largest absolute Gasteiger partial charge is 0.468 e. The van der Waals surface area contributed by atoms with E-state index in [0.29, 0.717) is 4.80 Å². The zero-order valence-electron chi connectivity index (χ0n) is 14.5. The summed E-state index contributed by atoms with van der Waals surface area (Å²) in [6.07, 6.45) is 3.14. The Morgan fingerprint density at radius 3 is 2.69 bits per heavy atom. The topological polar surface area (TPSA) is 60.7 Å². The van der Waals surface area contributed by atoms with Crippen LogP contribution in [0.5, 0.6) is 0 Å². The second-order valence-corrected chi connectivity index (χ2v) is 6.72. The Hall–Kier alpha value is -2.99. The third-order valence-electron chi connectivity index (χ3n) is 3.78. The van der Waals surface area contributed by atoms with Gasteiger partial charge in [0.2, 0.25) is 0 Å². The molecule has 0 N–H and O–H groups in total. The van der Waals surface area contributed by atoms with Crippen molar-refractivity contribution in [3.05, 3.63) is 70.5 Å².